The van der Waals surface area contributed by atoms with Crippen LogP contribution >= 0.6 is 0 Å². The lowest BCUT2D eigenvalue weighted by Gasteiger charge is -2.25. The van der Waals surface area contributed by atoms with Gasteiger partial charge in [0.1, 0.15) is 18.7 Å². The molecule has 0 saturated heterocycles. The Kier molecular flexibility index (Phi) is 3.14. The van der Waals surface area contributed by atoms with Crippen LogP contribution in [-0.2, 0) is 9.53 Å². The summed E-state index contributed by atoms with van der Waals surface area (Å²) in [5.74, 6) is 0.740. The van der Waals surface area contributed by atoms with Gasteiger partial charge in [-0.15, -0.1) is 0 Å². The van der Waals surface area contributed by atoms with Crippen LogP contribution in [0.2, 0.25) is 0 Å². The van der Waals surface area contributed by atoms with Gasteiger partial charge >= 0.3 is 0 Å². The molecular formula is C11H18N2O3. The summed E-state index contributed by atoms with van der Waals surface area (Å²) in [5.41, 5.74) is 0. The smallest absolute Gasteiger partial charge is 0.223 e. The maximum Gasteiger partial charge on any atom is 0.223 e. The van der Waals surface area contributed by atoms with Crippen LogP contribution in [0.5, 0.6) is 0 Å². The predicted molar refractivity (Wildman–Crippen MR) is 59.2 cm³/mol. The van der Waals surface area contributed by atoms with Crippen molar-refractivity contribution in [2.24, 2.45) is 10.9 Å². The minimum absolute atomic E-state index is 0.109. The van der Waals surface area contributed by atoms with Crippen LogP contribution in [0.25, 0.3) is 0 Å². The zero-order chi connectivity index (χ0) is 11.7. The Morgan fingerprint density at radius 3 is 3.12 bits per heavy atom. The number of aliphatic hydroxyl groups excluding tert-OH is 1. The number of carbonyl (C=O) groups is 1. The molecule has 0 aliphatic carbocycles. The molecule has 2 rings (SSSR count). The van der Waals surface area contributed by atoms with Crippen LogP contribution in [-0.4, -0.2) is 41.7 Å². The number of nitrogens with zero attached hydrogens (tertiary/aromatic N) is 1. The van der Waals surface area contributed by atoms with E-state index in [4.69, 9.17) is 4.74 Å². The topological polar surface area (TPSA) is 70.9 Å². The molecule has 2 N–H and O–H groups in total. The van der Waals surface area contributed by atoms with Gasteiger partial charge in [0.25, 0.3) is 0 Å². The van der Waals surface area contributed by atoms with E-state index in [2.05, 4.69) is 24.2 Å². The third-order valence-corrected chi connectivity index (χ3v) is 3.33. The average Bonchev–Trinajstić information content (AvgIpc) is 2.73. The predicted octanol–water partition coefficient (Wildman–Crippen LogP) is 0.0792. The highest BCUT2D eigenvalue weighted by Crippen LogP contribution is 2.20. The summed E-state index contributed by atoms with van der Waals surface area (Å²) < 4.78 is 5.47. The molecule has 0 aromatic carbocycles. The number of fused-ring (bicyclic) bond motifs is 1. The standard InChI is InChI=1S/C11H18N2O3/c1-3-6(2)10-11-12-7(5-16-11)8(14)4-9(15)13-10/h6-8,10,14H,3-5H2,1-2H3,(H,13,15). The molecule has 0 aromatic rings. The minimum Gasteiger partial charge on any atom is -0.477 e. The Hall–Kier alpha value is -1.10. The molecule has 2 bridgehead atoms. The van der Waals surface area contributed by atoms with Gasteiger partial charge < -0.3 is 15.2 Å². The van der Waals surface area contributed by atoms with Gasteiger partial charge in [0, 0.05) is 0 Å². The van der Waals surface area contributed by atoms with Crippen LogP contribution in [0.1, 0.15) is 26.7 Å². The molecule has 0 fully saturated rings. The number of hydrogen-bond donors (Lipinski definition) is 2. The number of ether oxygens (including phenoxy) is 1. The molecule has 2 aliphatic heterocycles. The Morgan fingerprint density at radius 1 is 1.69 bits per heavy atom. The quantitative estimate of drug-likeness (QED) is 0.700. The molecular weight excluding hydrogens is 208 g/mol. The van der Waals surface area contributed by atoms with Crippen LogP contribution in [0, 0.1) is 5.92 Å². The Balaban J connectivity index is 2.22. The highest BCUT2D eigenvalue weighted by atomic mass is 16.5. The van der Waals surface area contributed by atoms with E-state index in [1.54, 1.807) is 0 Å². The highest BCUT2D eigenvalue weighted by molar-refractivity contribution is 5.90. The number of amides is 1. The zero-order valence-corrected chi connectivity index (χ0v) is 9.64. The summed E-state index contributed by atoms with van der Waals surface area (Å²) in [6, 6.07) is -0.414. The van der Waals surface area contributed by atoms with E-state index in [0.717, 1.165) is 6.42 Å². The van der Waals surface area contributed by atoms with E-state index in [1.165, 1.54) is 0 Å². The zero-order valence-electron chi connectivity index (χ0n) is 9.64. The fraction of sp³-hybridized carbons (Fsp3) is 0.818. The van der Waals surface area contributed by atoms with Gasteiger partial charge in [-0.1, -0.05) is 20.3 Å². The lowest BCUT2D eigenvalue weighted by Crippen LogP contribution is -2.47. The van der Waals surface area contributed by atoms with Gasteiger partial charge in [0.05, 0.1) is 12.5 Å². The van der Waals surface area contributed by atoms with Crippen molar-refractivity contribution in [3.8, 4) is 0 Å². The lowest BCUT2D eigenvalue weighted by molar-refractivity contribution is -0.123. The third kappa shape index (κ3) is 2.04. The van der Waals surface area contributed by atoms with E-state index in [0.29, 0.717) is 12.5 Å². The highest BCUT2D eigenvalue weighted by Gasteiger charge is 2.36. The van der Waals surface area contributed by atoms with Crippen molar-refractivity contribution in [3.05, 3.63) is 0 Å². The largest absolute Gasteiger partial charge is 0.477 e. The molecule has 0 saturated carbocycles. The molecule has 2 heterocycles. The maximum absolute atomic E-state index is 11.6. The van der Waals surface area contributed by atoms with Crippen LogP contribution < -0.4 is 5.32 Å². The van der Waals surface area contributed by atoms with Crippen molar-refractivity contribution in [1.29, 1.82) is 0 Å². The average molecular weight is 226 g/mol. The second kappa shape index (κ2) is 4.41. The van der Waals surface area contributed by atoms with Gasteiger partial charge in [-0.3, -0.25) is 4.79 Å². The van der Waals surface area contributed by atoms with Crippen molar-refractivity contribution in [2.75, 3.05) is 6.61 Å². The van der Waals surface area contributed by atoms with Gasteiger partial charge in [0.2, 0.25) is 11.8 Å². The number of rotatable bonds is 2. The van der Waals surface area contributed by atoms with Crippen LogP contribution in [0.4, 0.5) is 0 Å². The molecule has 2 aliphatic rings. The monoisotopic (exact) mass is 226 g/mol. The first-order valence-electron chi connectivity index (χ1n) is 5.79. The first kappa shape index (κ1) is 11.4. The SMILES string of the molecule is CCC(C)C1NC(=O)CC(O)C2COC1=N2. The Labute approximate surface area is 94.9 Å². The molecule has 0 radical (unpaired) electrons. The second-order valence-electron chi connectivity index (χ2n) is 4.55. The van der Waals surface area contributed by atoms with Crippen molar-refractivity contribution < 1.29 is 14.6 Å². The summed E-state index contributed by atoms with van der Waals surface area (Å²) in [4.78, 5) is 16.0. The molecule has 90 valence electrons. The van der Waals surface area contributed by atoms with E-state index in [9.17, 15) is 9.90 Å². The summed E-state index contributed by atoms with van der Waals surface area (Å²) >= 11 is 0. The normalized spacial score (nSPS) is 35.6. The second-order valence-corrected chi connectivity index (χ2v) is 4.55. The number of hydrogen-bond acceptors (Lipinski definition) is 4. The molecule has 5 nitrogen and oxygen atoms in total. The summed E-state index contributed by atoms with van der Waals surface area (Å²) in [6.45, 7) is 4.51. The Bertz CT molecular complexity index is 316. The molecule has 4 atom stereocenters. The number of nitrogens with one attached hydrogen (secondary N) is 1. The maximum atomic E-state index is 11.6. The van der Waals surface area contributed by atoms with E-state index >= 15 is 0 Å². The van der Waals surface area contributed by atoms with Crippen molar-refractivity contribution in [3.63, 3.8) is 0 Å². The first-order valence-corrected chi connectivity index (χ1v) is 5.79. The number of aliphatic hydroxyl groups is 1. The van der Waals surface area contributed by atoms with Crippen molar-refractivity contribution in [2.45, 2.75) is 44.9 Å². The lowest BCUT2D eigenvalue weighted by atomic mass is 9.97. The van der Waals surface area contributed by atoms with E-state index < -0.39 is 6.10 Å². The molecule has 5 heteroatoms. The minimum atomic E-state index is -0.726. The van der Waals surface area contributed by atoms with Gasteiger partial charge in [-0.05, 0) is 5.92 Å². The van der Waals surface area contributed by atoms with Gasteiger partial charge in [0.15, 0.2) is 0 Å². The molecule has 16 heavy (non-hydrogen) atoms. The molecule has 0 spiro atoms. The Morgan fingerprint density at radius 2 is 2.44 bits per heavy atom. The molecule has 0 aromatic heterocycles. The number of aliphatic imine (C=N–C) groups is 1. The van der Waals surface area contributed by atoms with Crippen LogP contribution in [0.3, 0.4) is 0 Å². The fourth-order valence-corrected chi connectivity index (χ4v) is 2.02. The van der Waals surface area contributed by atoms with Crippen molar-refractivity contribution in [1.82, 2.24) is 5.32 Å². The van der Waals surface area contributed by atoms with Gasteiger partial charge in [-0.2, -0.15) is 0 Å². The van der Waals surface area contributed by atoms with E-state index in [1.807, 2.05) is 0 Å². The van der Waals surface area contributed by atoms with E-state index in [-0.39, 0.29) is 30.3 Å². The fourth-order valence-electron chi connectivity index (χ4n) is 2.02. The number of carbonyl (C=O) groups excluding carboxylic acids is 1. The summed E-state index contributed by atoms with van der Waals surface area (Å²) in [7, 11) is 0. The third-order valence-electron chi connectivity index (χ3n) is 3.33. The van der Waals surface area contributed by atoms with Gasteiger partial charge in [-0.25, -0.2) is 4.99 Å². The first-order chi connectivity index (χ1) is 7.61. The van der Waals surface area contributed by atoms with Crippen LogP contribution in [0.15, 0.2) is 4.99 Å². The molecule has 1 amide bonds. The van der Waals surface area contributed by atoms with Crippen molar-refractivity contribution >= 4 is 11.8 Å². The molecule has 4 unspecified atom stereocenters. The summed E-state index contributed by atoms with van der Waals surface area (Å²) in [6.07, 6.45) is 0.327. The summed E-state index contributed by atoms with van der Waals surface area (Å²) in [5, 5.41) is 12.6.